The molecule has 1 aromatic carbocycles. The van der Waals surface area contributed by atoms with E-state index in [-0.39, 0.29) is 24.0 Å². The zero-order valence-electron chi connectivity index (χ0n) is 14.6. The maximum absolute atomic E-state index is 4.59. The number of guanidine groups is 1. The summed E-state index contributed by atoms with van der Waals surface area (Å²) < 4.78 is 2.22. The number of hydrogen-bond donors (Lipinski definition) is 2. The summed E-state index contributed by atoms with van der Waals surface area (Å²) >= 11 is 1.70. The van der Waals surface area contributed by atoms with E-state index in [4.69, 9.17) is 0 Å². The standard InChI is InChI=1S/C17H22N6S.HI/c1-12-10-20-16(24-12)11-21-17(18-3)19-8-9-23-13(2)22-14-6-4-5-7-15(14)23;/h4-7,10H,8-9,11H2,1-3H3,(H2,18,19,21);1H. The molecule has 0 fully saturated rings. The van der Waals surface area contributed by atoms with Crippen LogP contribution in [0.5, 0.6) is 0 Å². The molecule has 0 bridgehead atoms. The van der Waals surface area contributed by atoms with Crippen LogP contribution in [0.4, 0.5) is 0 Å². The minimum absolute atomic E-state index is 0. The molecular formula is C17H23IN6S. The van der Waals surface area contributed by atoms with E-state index in [1.165, 1.54) is 4.88 Å². The van der Waals surface area contributed by atoms with E-state index in [1.54, 1.807) is 18.4 Å². The van der Waals surface area contributed by atoms with Crippen LogP contribution in [0.25, 0.3) is 11.0 Å². The minimum atomic E-state index is 0. The number of fused-ring (bicyclic) bond motifs is 1. The molecule has 0 radical (unpaired) electrons. The average Bonchev–Trinajstić information content (AvgIpc) is 3.14. The maximum Gasteiger partial charge on any atom is 0.191 e. The lowest BCUT2D eigenvalue weighted by Gasteiger charge is -2.12. The Morgan fingerprint density at radius 2 is 2.04 bits per heavy atom. The van der Waals surface area contributed by atoms with Gasteiger partial charge >= 0.3 is 0 Å². The summed E-state index contributed by atoms with van der Waals surface area (Å²) in [5, 5.41) is 7.70. The molecule has 0 spiro atoms. The topological polar surface area (TPSA) is 67.1 Å². The zero-order chi connectivity index (χ0) is 16.9. The van der Waals surface area contributed by atoms with Gasteiger partial charge in [-0.05, 0) is 26.0 Å². The normalized spacial score (nSPS) is 11.4. The summed E-state index contributed by atoms with van der Waals surface area (Å²) in [6.07, 6.45) is 1.89. The average molecular weight is 470 g/mol. The summed E-state index contributed by atoms with van der Waals surface area (Å²) in [5.41, 5.74) is 2.20. The molecule has 0 unspecified atom stereocenters. The van der Waals surface area contributed by atoms with Crippen molar-refractivity contribution >= 4 is 52.3 Å². The largest absolute Gasteiger partial charge is 0.355 e. The lowest BCUT2D eigenvalue weighted by atomic mass is 10.3. The number of aryl methyl sites for hydroxylation is 2. The zero-order valence-corrected chi connectivity index (χ0v) is 17.8. The van der Waals surface area contributed by atoms with Gasteiger partial charge in [0.25, 0.3) is 0 Å². The van der Waals surface area contributed by atoms with Crippen LogP contribution in [0.1, 0.15) is 15.7 Å². The molecular weight excluding hydrogens is 447 g/mol. The third kappa shape index (κ3) is 4.91. The second kappa shape index (κ2) is 9.14. The molecule has 25 heavy (non-hydrogen) atoms. The third-order valence-corrected chi connectivity index (χ3v) is 4.69. The van der Waals surface area contributed by atoms with Gasteiger partial charge in [-0.1, -0.05) is 12.1 Å². The predicted octanol–water partition coefficient (Wildman–Crippen LogP) is 3.09. The highest BCUT2D eigenvalue weighted by Gasteiger charge is 2.06. The number of halogens is 1. The Balaban J connectivity index is 0.00000225. The van der Waals surface area contributed by atoms with E-state index >= 15 is 0 Å². The molecule has 0 saturated heterocycles. The van der Waals surface area contributed by atoms with Crippen molar-refractivity contribution < 1.29 is 0 Å². The molecule has 0 saturated carbocycles. The number of aliphatic imine (C=N–C) groups is 1. The second-order valence-corrected chi connectivity index (χ2v) is 6.84. The van der Waals surface area contributed by atoms with E-state index in [0.29, 0.717) is 6.54 Å². The van der Waals surface area contributed by atoms with Gasteiger partial charge in [-0.2, -0.15) is 0 Å². The number of imidazole rings is 1. The lowest BCUT2D eigenvalue weighted by Crippen LogP contribution is -2.38. The van der Waals surface area contributed by atoms with Crippen molar-refractivity contribution in [2.24, 2.45) is 4.99 Å². The first-order valence-corrected chi connectivity index (χ1v) is 8.76. The first kappa shape index (κ1) is 19.6. The van der Waals surface area contributed by atoms with Gasteiger partial charge in [-0.15, -0.1) is 35.3 Å². The Morgan fingerprint density at radius 1 is 1.24 bits per heavy atom. The van der Waals surface area contributed by atoms with Crippen molar-refractivity contribution in [3.05, 3.63) is 46.2 Å². The molecule has 134 valence electrons. The lowest BCUT2D eigenvalue weighted by molar-refractivity contribution is 0.660. The molecule has 0 aliphatic carbocycles. The van der Waals surface area contributed by atoms with E-state index in [1.807, 2.05) is 31.3 Å². The number of hydrogen-bond acceptors (Lipinski definition) is 4. The van der Waals surface area contributed by atoms with E-state index in [0.717, 1.165) is 40.9 Å². The van der Waals surface area contributed by atoms with Gasteiger partial charge in [-0.3, -0.25) is 4.99 Å². The van der Waals surface area contributed by atoms with Gasteiger partial charge in [0.1, 0.15) is 10.8 Å². The van der Waals surface area contributed by atoms with Gasteiger partial charge in [0.05, 0.1) is 17.6 Å². The van der Waals surface area contributed by atoms with Crippen LogP contribution in [0.15, 0.2) is 35.5 Å². The Bertz CT molecular complexity index is 854. The predicted molar refractivity (Wildman–Crippen MR) is 115 cm³/mol. The number of rotatable bonds is 5. The molecule has 3 rings (SSSR count). The SMILES string of the molecule is CN=C(NCCn1c(C)nc2ccccc21)NCc1ncc(C)s1.I. The van der Waals surface area contributed by atoms with Crippen LogP contribution < -0.4 is 10.6 Å². The maximum atomic E-state index is 4.59. The monoisotopic (exact) mass is 470 g/mol. The van der Waals surface area contributed by atoms with Crippen LogP contribution in [0.3, 0.4) is 0 Å². The summed E-state index contributed by atoms with van der Waals surface area (Å²) in [4.78, 5) is 14.4. The second-order valence-electron chi connectivity index (χ2n) is 5.52. The first-order chi connectivity index (χ1) is 11.7. The number of benzene rings is 1. The van der Waals surface area contributed by atoms with Crippen LogP contribution in [-0.4, -0.2) is 34.1 Å². The highest BCUT2D eigenvalue weighted by atomic mass is 127. The van der Waals surface area contributed by atoms with E-state index < -0.39 is 0 Å². The molecule has 0 aliphatic heterocycles. The molecule has 6 nitrogen and oxygen atoms in total. The Labute approximate surface area is 168 Å². The fourth-order valence-electron chi connectivity index (χ4n) is 2.63. The summed E-state index contributed by atoms with van der Waals surface area (Å²) in [5.74, 6) is 1.81. The highest BCUT2D eigenvalue weighted by molar-refractivity contribution is 14.0. The van der Waals surface area contributed by atoms with Crippen LogP contribution >= 0.6 is 35.3 Å². The fraction of sp³-hybridized carbons (Fsp3) is 0.353. The summed E-state index contributed by atoms with van der Waals surface area (Å²) in [6.45, 7) is 6.40. The molecule has 8 heteroatoms. The Kier molecular flexibility index (Phi) is 7.18. The smallest absolute Gasteiger partial charge is 0.191 e. The Hall–Kier alpha value is -1.68. The van der Waals surface area contributed by atoms with Crippen LogP contribution in [0, 0.1) is 13.8 Å². The number of para-hydroxylation sites is 2. The third-order valence-electron chi connectivity index (χ3n) is 3.77. The number of nitrogens with zero attached hydrogens (tertiary/aromatic N) is 4. The van der Waals surface area contributed by atoms with E-state index in [9.17, 15) is 0 Å². The molecule has 3 aromatic rings. The minimum Gasteiger partial charge on any atom is -0.355 e. The molecule has 0 amide bonds. The van der Waals surface area contributed by atoms with Gasteiger partial charge in [0.15, 0.2) is 5.96 Å². The van der Waals surface area contributed by atoms with E-state index in [2.05, 4.69) is 43.2 Å². The highest BCUT2D eigenvalue weighted by Crippen LogP contribution is 2.14. The van der Waals surface area contributed by atoms with Gasteiger partial charge < -0.3 is 15.2 Å². The van der Waals surface area contributed by atoms with Crippen molar-refractivity contribution in [3.8, 4) is 0 Å². The van der Waals surface area contributed by atoms with Crippen LogP contribution in [0.2, 0.25) is 0 Å². The fourth-order valence-corrected chi connectivity index (χ4v) is 3.35. The van der Waals surface area contributed by atoms with Crippen molar-refractivity contribution in [1.29, 1.82) is 0 Å². The molecule has 2 N–H and O–H groups in total. The van der Waals surface area contributed by atoms with Gasteiger partial charge in [0.2, 0.25) is 0 Å². The quantitative estimate of drug-likeness (QED) is 0.342. The van der Waals surface area contributed by atoms with Crippen molar-refractivity contribution in [2.75, 3.05) is 13.6 Å². The van der Waals surface area contributed by atoms with Crippen molar-refractivity contribution in [2.45, 2.75) is 26.9 Å². The molecule has 2 heterocycles. The van der Waals surface area contributed by atoms with Crippen molar-refractivity contribution in [3.63, 3.8) is 0 Å². The molecule has 0 atom stereocenters. The number of nitrogens with one attached hydrogen (secondary N) is 2. The molecule has 2 aromatic heterocycles. The van der Waals surface area contributed by atoms with Crippen molar-refractivity contribution in [1.82, 2.24) is 25.2 Å². The van der Waals surface area contributed by atoms with Gasteiger partial charge in [-0.25, -0.2) is 9.97 Å². The summed E-state index contributed by atoms with van der Waals surface area (Å²) in [6, 6.07) is 8.21. The van der Waals surface area contributed by atoms with Gasteiger partial charge in [0, 0.05) is 31.2 Å². The summed E-state index contributed by atoms with van der Waals surface area (Å²) in [7, 11) is 1.78. The first-order valence-electron chi connectivity index (χ1n) is 7.95. The number of aromatic nitrogens is 3. The van der Waals surface area contributed by atoms with Crippen LogP contribution in [-0.2, 0) is 13.1 Å². The molecule has 0 aliphatic rings. The number of thiazole rings is 1. The Morgan fingerprint density at radius 3 is 2.76 bits per heavy atom.